The zero-order valence-corrected chi connectivity index (χ0v) is 18.4. The summed E-state index contributed by atoms with van der Waals surface area (Å²) in [5.41, 5.74) is 0.109. The predicted octanol–water partition coefficient (Wildman–Crippen LogP) is 4.31. The van der Waals surface area contributed by atoms with Crippen LogP contribution in [0.4, 0.5) is 11.5 Å². The van der Waals surface area contributed by atoms with Crippen LogP contribution in [0.2, 0.25) is 0 Å². The van der Waals surface area contributed by atoms with Crippen molar-refractivity contribution in [1.82, 2.24) is 5.16 Å². The number of amides is 1. The van der Waals surface area contributed by atoms with E-state index in [0.29, 0.717) is 18.1 Å². The Balaban J connectivity index is 1.87. The Morgan fingerprint density at radius 3 is 2.56 bits per heavy atom. The van der Waals surface area contributed by atoms with Crippen molar-refractivity contribution < 1.29 is 28.9 Å². The number of rotatable bonds is 7. The number of ketones is 1. The summed E-state index contributed by atoms with van der Waals surface area (Å²) in [7, 11) is 0. The van der Waals surface area contributed by atoms with E-state index in [2.05, 4.69) is 5.16 Å². The first-order valence-corrected chi connectivity index (χ1v) is 10.5. The van der Waals surface area contributed by atoms with E-state index in [1.54, 1.807) is 37.3 Å². The number of aliphatic hydroxyl groups excluding tert-OH is 1. The van der Waals surface area contributed by atoms with Crippen LogP contribution >= 0.6 is 0 Å². The number of hydrogen-bond donors (Lipinski definition) is 1. The first-order chi connectivity index (χ1) is 16.3. The minimum absolute atomic E-state index is 0.0541. The van der Waals surface area contributed by atoms with Crippen molar-refractivity contribution >= 4 is 29.0 Å². The molecule has 2 heterocycles. The summed E-state index contributed by atoms with van der Waals surface area (Å²) in [6, 6.07) is 12.3. The summed E-state index contributed by atoms with van der Waals surface area (Å²) in [4.78, 5) is 38.0. The molecule has 10 nitrogen and oxygen atoms in total. The van der Waals surface area contributed by atoms with Crippen LogP contribution in [0.1, 0.15) is 36.3 Å². The average Bonchev–Trinajstić information content (AvgIpc) is 3.38. The molecule has 4 rings (SSSR count). The van der Waals surface area contributed by atoms with Crippen LogP contribution < -0.4 is 9.64 Å². The standard InChI is InChI=1S/C24H21N3O7/c1-3-11-33-18-9-7-15(8-10-18)22(28)20-21(16-5-4-6-17(13-16)27(31)32)26(24(30)23(20)29)19-12-14(2)34-25-19/h4-10,12-13,21,28H,3,11H2,1-2H3/b22-20+/t21-/m1/s1. The van der Waals surface area contributed by atoms with E-state index >= 15 is 0 Å². The third-order valence-corrected chi connectivity index (χ3v) is 5.30. The van der Waals surface area contributed by atoms with Gasteiger partial charge in [-0.1, -0.05) is 24.2 Å². The van der Waals surface area contributed by atoms with Gasteiger partial charge < -0.3 is 14.4 Å². The second kappa shape index (κ2) is 9.18. The van der Waals surface area contributed by atoms with Crippen LogP contribution in [-0.4, -0.2) is 33.5 Å². The van der Waals surface area contributed by atoms with Crippen LogP contribution in [0, 0.1) is 17.0 Å². The lowest BCUT2D eigenvalue weighted by molar-refractivity contribution is -0.384. The van der Waals surface area contributed by atoms with E-state index in [0.717, 1.165) is 11.3 Å². The van der Waals surface area contributed by atoms with E-state index in [1.165, 1.54) is 24.3 Å². The molecule has 0 saturated carbocycles. The van der Waals surface area contributed by atoms with Gasteiger partial charge in [0.1, 0.15) is 17.3 Å². The largest absolute Gasteiger partial charge is 0.507 e. The molecule has 34 heavy (non-hydrogen) atoms. The maximum Gasteiger partial charge on any atom is 0.301 e. The number of nitro benzene ring substituents is 1. The van der Waals surface area contributed by atoms with Crippen molar-refractivity contribution in [2.75, 3.05) is 11.5 Å². The number of nitro groups is 1. The summed E-state index contributed by atoms with van der Waals surface area (Å²) in [6.45, 7) is 4.13. The van der Waals surface area contributed by atoms with Crippen molar-refractivity contribution in [3.63, 3.8) is 0 Å². The molecule has 0 spiro atoms. The Morgan fingerprint density at radius 1 is 1.21 bits per heavy atom. The van der Waals surface area contributed by atoms with E-state index in [-0.39, 0.29) is 28.2 Å². The van der Waals surface area contributed by atoms with Crippen molar-refractivity contribution in [3.8, 4) is 5.75 Å². The number of anilines is 1. The van der Waals surface area contributed by atoms with Gasteiger partial charge in [-0.15, -0.1) is 0 Å². The number of carbonyl (C=O) groups excluding carboxylic acids is 2. The number of Topliss-reactive ketones (excluding diaryl/α,β-unsaturated/α-hetero) is 1. The number of nitrogens with zero attached hydrogens (tertiary/aromatic N) is 3. The second-order valence-corrected chi connectivity index (χ2v) is 7.69. The molecule has 2 aromatic carbocycles. The van der Waals surface area contributed by atoms with Gasteiger partial charge in [0.05, 0.1) is 23.1 Å². The number of hydrogen-bond acceptors (Lipinski definition) is 8. The minimum atomic E-state index is -1.15. The fraction of sp³-hybridized carbons (Fsp3) is 0.208. The SMILES string of the molecule is CCCOc1ccc(/C(O)=C2\C(=O)C(=O)N(c3cc(C)on3)[C@@H]2c2cccc([N+](=O)[O-])c2)cc1. The number of benzene rings is 2. The number of carbonyl (C=O) groups is 2. The number of non-ortho nitro benzene ring substituents is 1. The van der Waals surface area contributed by atoms with Gasteiger partial charge in [0, 0.05) is 23.8 Å². The molecule has 1 atom stereocenters. The summed E-state index contributed by atoms with van der Waals surface area (Å²) < 4.78 is 10.6. The first-order valence-electron chi connectivity index (χ1n) is 10.5. The van der Waals surface area contributed by atoms with E-state index < -0.39 is 28.4 Å². The molecule has 1 fully saturated rings. The van der Waals surface area contributed by atoms with E-state index in [9.17, 15) is 24.8 Å². The van der Waals surface area contributed by atoms with Gasteiger partial charge in [0.2, 0.25) is 0 Å². The number of aryl methyl sites for hydroxylation is 1. The normalized spacial score (nSPS) is 17.2. The lowest BCUT2D eigenvalue weighted by Gasteiger charge is -2.22. The molecule has 0 unspecified atom stereocenters. The summed E-state index contributed by atoms with van der Waals surface area (Å²) in [6.07, 6.45) is 0.829. The molecule has 1 aromatic heterocycles. The van der Waals surface area contributed by atoms with Gasteiger partial charge in [-0.2, -0.15) is 0 Å². The Labute approximate surface area is 194 Å². The molecular weight excluding hydrogens is 442 g/mol. The first kappa shape index (κ1) is 22.7. The monoisotopic (exact) mass is 463 g/mol. The number of ether oxygens (including phenoxy) is 1. The molecule has 1 N–H and O–H groups in total. The molecule has 0 aliphatic carbocycles. The van der Waals surface area contributed by atoms with E-state index in [1.807, 2.05) is 6.92 Å². The van der Waals surface area contributed by atoms with Gasteiger partial charge in [0.25, 0.3) is 11.5 Å². The van der Waals surface area contributed by atoms with Crippen molar-refractivity contribution in [3.05, 3.63) is 87.2 Å². The highest BCUT2D eigenvalue weighted by Gasteiger charge is 2.48. The van der Waals surface area contributed by atoms with E-state index in [4.69, 9.17) is 9.26 Å². The minimum Gasteiger partial charge on any atom is -0.507 e. The lowest BCUT2D eigenvalue weighted by atomic mass is 9.95. The molecule has 10 heteroatoms. The third-order valence-electron chi connectivity index (χ3n) is 5.30. The average molecular weight is 463 g/mol. The molecule has 1 aliphatic rings. The number of aromatic nitrogens is 1. The van der Waals surface area contributed by atoms with Gasteiger partial charge in [-0.25, -0.2) is 0 Å². The summed E-state index contributed by atoms with van der Waals surface area (Å²) in [5.74, 6) is -1.25. The highest BCUT2D eigenvalue weighted by molar-refractivity contribution is 6.51. The van der Waals surface area contributed by atoms with Crippen molar-refractivity contribution in [1.29, 1.82) is 0 Å². The van der Waals surface area contributed by atoms with Crippen molar-refractivity contribution in [2.24, 2.45) is 0 Å². The fourth-order valence-corrected chi connectivity index (χ4v) is 3.74. The molecular formula is C24H21N3O7. The molecule has 3 aromatic rings. The highest BCUT2D eigenvalue weighted by atomic mass is 16.6. The molecule has 1 amide bonds. The molecule has 174 valence electrons. The quantitative estimate of drug-likeness (QED) is 0.180. The predicted molar refractivity (Wildman–Crippen MR) is 121 cm³/mol. The smallest absolute Gasteiger partial charge is 0.301 e. The maximum absolute atomic E-state index is 13.1. The van der Waals surface area contributed by atoms with Crippen LogP contribution in [0.25, 0.3) is 5.76 Å². The topological polar surface area (TPSA) is 136 Å². The van der Waals surface area contributed by atoms with Gasteiger partial charge in [-0.05, 0) is 43.2 Å². The van der Waals surface area contributed by atoms with Gasteiger partial charge >= 0.3 is 5.91 Å². The van der Waals surface area contributed by atoms with Gasteiger partial charge in [-0.3, -0.25) is 24.6 Å². The van der Waals surface area contributed by atoms with Crippen molar-refractivity contribution in [2.45, 2.75) is 26.3 Å². The van der Waals surface area contributed by atoms with Crippen LogP contribution in [0.3, 0.4) is 0 Å². The second-order valence-electron chi connectivity index (χ2n) is 7.69. The summed E-state index contributed by atoms with van der Waals surface area (Å²) in [5, 5.41) is 26.3. The Hall–Kier alpha value is -4.47. The lowest BCUT2D eigenvalue weighted by Crippen LogP contribution is -2.29. The van der Waals surface area contributed by atoms with Crippen LogP contribution in [0.15, 0.2) is 64.7 Å². The Kier molecular flexibility index (Phi) is 6.13. The highest BCUT2D eigenvalue weighted by Crippen LogP contribution is 2.42. The Bertz CT molecular complexity index is 1290. The molecule has 1 saturated heterocycles. The Morgan fingerprint density at radius 2 is 1.94 bits per heavy atom. The van der Waals surface area contributed by atoms with Crippen LogP contribution in [-0.2, 0) is 9.59 Å². The zero-order chi connectivity index (χ0) is 24.4. The van der Waals surface area contributed by atoms with Crippen LogP contribution in [0.5, 0.6) is 5.75 Å². The maximum atomic E-state index is 13.1. The molecule has 0 radical (unpaired) electrons. The molecule has 0 bridgehead atoms. The fourth-order valence-electron chi connectivity index (χ4n) is 3.74. The summed E-state index contributed by atoms with van der Waals surface area (Å²) >= 11 is 0. The molecule has 1 aliphatic heterocycles. The zero-order valence-electron chi connectivity index (χ0n) is 18.4. The number of aliphatic hydroxyl groups is 1. The third kappa shape index (κ3) is 4.13. The van der Waals surface area contributed by atoms with Gasteiger partial charge in [0.15, 0.2) is 5.82 Å².